The van der Waals surface area contributed by atoms with Gasteiger partial charge in [-0.2, -0.15) is 18.4 Å². The van der Waals surface area contributed by atoms with Gasteiger partial charge in [0.15, 0.2) is 0 Å². The van der Waals surface area contributed by atoms with Gasteiger partial charge in [-0.15, -0.1) is 0 Å². The van der Waals surface area contributed by atoms with Crippen molar-refractivity contribution in [2.75, 3.05) is 0 Å². The first-order valence-electron chi connectivity index (χ1n) is 10.5. The molecular weight excluding hydrogens is 427 g/mol. The SMILES string of the molecule is CC(C)(C)c1ccnc(-c2cc(C(C)(C)C)cc(Oc3cc(C(F)(F)F)ccc3C#N)n2)c1. The van der Waals surface area contributed by atoms with Crippen LogP contribution in [0, 0.1) is 11.3 Å². The van der Waals surface area contributed by atoms with Gasteiger partial charge in [0.2, 0.25) is 5.88 Å². The lowest BCUT2D eigenvalue weighted by molar-refractivity contribution is -0.137. The molecule has 0 radical (unpaired) electrons. The van der Waals surface area contributed by atoms with E-state index in [4.69, 9.17) is 4.74 Å². The van der Waals surface area contributed by atoms with Crippen molar-refractivity contribution in [2.45, 2.75) is 58.5 Å². The van der Waals surface area contributed by atoms with E-state index in [0.29, 0.717) is 11.4 Å². The highest BCUT2D eigenvalue weighted by atomic mass is 19.4. The third-order valence-electron chi connectivity index (χ3n) is 5.20. The minimum Gasteiger partial charge on any atom is -0.438 e. The number of halogens is 3. The van der Waals surface area contributed by atoms with Gasteiger partial charge in [0.1, 0.15) is 11.8 Å². The summed E-state index contributed by atoms with van der Waals surface area (Å²) in [5.74, 6) is -0.107. The van der Waals surface area contributed by atoms with Crippen molar-refractivity contribution >= 4 is 0 Å². The Morgan fingerprint density at radius 3 is 2.00 bits per heavy atom. The van der Waals surface area contributed by atoms with E-state index in [2.05, 4.69) is 30.7 Å². The number of hydrogen-bond donors (Lipinski definition) is 0. The number of aromatic nitrogens is 2. The number of hydrogen-bond acceptors (Lipinski definition) is 4. The summed E-state index contributed by atoms with van der Waals surface area (Å²) in [7, 11) is 0. The zero-order valence-electron chi connectivity index (χ0n) is 19.5. The van der Waals surface area contributed by atoms with Crippen LogP contribution in [0.25, 0.3) is 11.4 Å². The quantitative estimate of drug-likeness (QED) is 0.414. The lowest BCUT2D eigenvalue weighted by atomic mass is 9.86. The van der Waals surface area contributed by atoms with Gasteiger partial charge in [-0.1, -0.05) is 41.5 Å². The lowest BCUT2D eigenvalue weighted by Crippen LogP contribution is -2.13. The molecule has 0 spiro atoms. The Morgan fingerprint density at radius 2 is 1.42 bits per heavy atom. The third kappa shape index (κ3) is 5.70. The molecule has 1 aromatic carbocycles. The molecule has 0 aliphatic heterocycles. The molecule has 2 heterocycles. The van der Waals surface area contributed by atoms with Crippen molar-refractivity contribution < 1.29 is 17.9 Å². The fourth-order valence-electron chi connectivity index (χ4n) is 3.15. The normalized spacial score (nSPS) is 12.4. The topological polar surface area (TPSA) is 58.8 Å². The van der Waals surface area contributed by atoms with Crippen molar-refractivity contribution in [3.8, 4) is 29.1 Å². The van der Waals surface area contributed by atoms with Crippen molar-refractivity contribution in [3.63, 3.8) is 0 Å². The first-order valence-corrected chi connectivity index (χ1v) is 10.5. The second-order valence-electron chi connectivity index (χ2n) is 9.93. The van der Waals surface area contributed by atoms with E-state index in [1.54, 1.807) is 12.3 Å². The molecule has 7 heteroatoms. The Hall–Kier alpha value is -3.40. The molecule has 172 valence electrons. The van der Waals surface area contributed by atoms with Crippen LogP contribution in [0.2, 0.25) is 0 Å². The number of ether oxygens (including phenoxy) is 1. The summed E-state index contributed by atoms with van der Waals surface area (Å²) in [5, 5.41) is 9.37. The fourth-order valence-corrected chi connectivity index (χ4v) is 3.15. The van der Waals surface area contributed by atoms with Crippen molar-refractivity contribution in [2.24, 2.45) is 0 Å². The monoisotopic (exact) mass is 453 g/mol. The third-order valence-corrected chi connectivity index (χ3v) is 5.20. The highest BCUT2D eigenvalue weighted by Gasteiger charge is 2.31. The lowest BCUT2D eigenvalue weighted by Gasteiger charge is -2.22. The number of nitriles is 1. The fraction of sp³-hybridized carbons (Fsp3) is 0.346. The molecule has 4 nitrogen and oxygen atoms in total. The molecule has 3 aromatic rings. The van der Waals surface area contributed by atoms with E-state index in [1.165, 1.54) is 0 Å². The van der Waals surface area contributed by atoms with Crippen LogP contribution in [0.5, 0.6) is 11.6 Å². The molecule has 0 fully saturated rings. The van der Waals surface area contributed by atoms with Crippen LogP contribution < -0.4 is 4.74 Å². The molecule has 0 unspecified atom stereocenters. The van der Waals surface area contributed by atoms with E-state index in [9.17, 15) is 18.4 Å². The average Bonchev–Trinajstić information content (AvgIpc) is 2.71. The highest BCUT2D eigenvalue weighted by molar-refractivity contribution is 5.59. The summed E-state index contributed by atoms with van der Waals surface area (Å²) in [4.78, 5) is 8.98. The zero-order valence-corrected chi connectivity index (χ0v) is 19.5. The summed E-state index contributed by atoms with van der Waals surface area (Å²) in [6.45, 7) is 12.3. The van der Waals surface area contributed by atoms with Crippen molar-refractivity contribution in [1.82, 2.24) is 9.97 Å². The van der Waals surface area contributed by atoms with Crippen LogP contribution in [0.3, 0.4) is 0 Å². The van der Waals surface area contributed by atoms with Gasteiger partial charge in [0.25, 0.3) is 0 Å². The van der Waals surface area contributed by atoms with Crippen molar-refractivity contribution in [1.29, 1.82) is 5.26 Å². The predicted molar refractivity (Wildman–Crippen MR) is 121 cm³/mol. The zero-order chi connectivity index (χ0) is 24.6. The van der Waals surface area contributed by atoms with E-state index in [-0.39, 0.29) is 28.0 Å². The largest absolute Gasteiger partial charge is 0.438 e. The average molecular weight is 454 g/mol. The summed E-state index contributed by atoms with van der Waals surface area (Å²) in [5.41, 5.74) is 1.81. The van der Waals surface area contributed by atoms with E-state index in [0.717, 1.165) is 29.3 Å². The smallest absolute Gasteiger partial charge is 0.416 e. The first-order chi connectivity index (χ1) is 15.2. The van der Waals surface area contributed by atoms with Gasteiger partial charge in [-0.3, -0.25) is 4.98 Å². The molecule has 3 rings (SSSR count). The van der Waals surface area contributed by atoms with Crippen LogP contribution in [-0.2, 0) is 17.0 Å². The summed E-state index contributed by atoms with van der Waals surface area (Å²) >= 11 is 0. The van der Waals surface area contributed by atoms with E-state index < -0.39 is 11.7 Å². The minimum absolute atomic E-state index is 0.0135. The Labute approximate surface area is 192 Å². The molecule has 0 bridgehead atoms. The maximum Gasteiger partial charge on any atom is 0.416 e. The molecule has 2 aromatic heterocycles. The Bertz CT molecular complexity index is 1210. The van der Waals surface area contributed by atoms with Gasteiger partial charge in [-0.25, -0.2) is 4.98 Å². The van der Waals surface area contributed by atoms with Gasteiger partial charge < -0.3 is 4.74 Å². The molecular formula is C26H26F3N3O. The molecule has 0 saturated carbocycles. The molecule has 0 N–H and O–H groups in total. The molecule has 0 atom stereocenters. The number of nitrogens with zero attached hydrogens (tertiary/aromatic N) is 3. The van der Waals surface area contributed by atoms with Crippen LogP contribution in [0.4, 0.5) is 13.2 Å². The maximum atomic E-state index is 13.2. The number of benzene rings is 1. The van der Waals surface area contributed by atoms with E-state index in [1.807, 2.05) is 45.0 Å². The standard InChI is InChI=1S/C26H26F3N3O/c1-24(2,3)17-9-10-31-20(11-17)21-12-19(25(4,5)6)14-23(32-21)33-22-13-18(26(27,28)29)8-7-16(22)15-30/h7-14H,1-6H3. The minimum atomic E-state index is -4.56. The number of alkyl halides is 3. The van der Waals surface area contributed by atoms with Gasteiger partial charge >= 0.3 is 6.18 Å². The van der Waals surface area contributed by atoms with Gasteiger partial charge in [-0.05, 0) is 58.4 Å². The number of rotatable bonds is 3. The maximum absolute atomic E-state index is 13.2. The second kappa shape index (κ2) is 8.51. The summed E-state index contributed by atoms with van der Waals surface area (Å²) in [6.07, 6.45) is -2.85. The van der Waals surface area contributed by atoms with Gasteiger partial charge in [0, 0.05) is 12.3 Å². The van der Waals surface area contributed by atoms with Crippen LogP contribution in [-0.4, -0.2) is 9.97 Å². The predicted octanol–water partition coefficient (Wildman–Crippen LogP) is 7.42. The molecule has 33 heavy (non-hydrogen) atoms. The van der Waals surface area contributed by atoms with Crippen LogP contribution >= 0.6 is 0 Å². The molecule has 0 aliphatic rings. The van der Waals surface area contributed by atoms with Gasteiger partial charge in [0.05, 0.1) is 22.5 Å². The summed E-state index contributed by atoms with van der Waals surface area (Å²) < 4.78 is 45.4. The van der Waals surface area contributed by atoms with Crippen molar-refractivity contribution in [3.05, 3.63) is 70.9 Å². The molecule has 0 aliphatic carbocycles. The Morgan fingerprint density at radius 1 is 0.788 bits per heavy atom. The van der Waals surface area contributed by atoms with E-state index >= 15 is 0 Å². The highest BCUT2D eigenvalue weighted by Crippen LogP contribution is 2.36. The summed E-state index contributed by atoms with van der Waals surface area (Å²) in [6, 6.07) is 12.1. The van der Waals surface area contributed by atoms with Crippen LogP contribution in [0.15, 0.2) is 48.7 Å². The second-order valence-corrected chi connectivity index (χ2v) is 9.93. The van der Waals surface area contributed by atoms with Crippen LogP contribution in [0.1, 0.15) is 63.8 Å². The first kappa shape index (κ1) is 24.2. The number of pyridine rings is 2. The Balaban J connectivity index is 2.14. The molecule has 0 saturated heterocycles. The Kier molecular flexibility index (Phi) is 6.25. The molecule has 0 amide bonds.